The van der Waals surface area contributed by atoms with Gasteiger partial charge in [0.2, 0.25) is 0 Å². The normalized spacial score (nSPS) is 25.6. The van der Waals surface area contributed by atoms with Crippen LogP contribution in [0.15, 0.2) is 0 Å². The number of hydrogen-bond acceptors (Lipinski definition) is 24. The third-order valence-corrected chi connectivity index (χ3v) is 65.2. The van der Waals surface area contributed by atoms with E-state index in [1.165, 1.54) is 0 Å². The van der Waals surface area contributed by atoms with Gasteiger partial charge in [0.25, 0.3) is 0 Å². The van der Waals surface area contributed by atoms with Crippen molar-refractivity contribution in [2.75, 3.05) is 26.4 Å². The second-order valence-electron chi connectivity index (χ2n) is 44.6. The minimum atomic E-state index is -5.06. The Morgan fingerprint density at radius 2 is 0.304 bits per heavy atom. The van der Waals surface area contributed by atoms with Crippen molar-refractivity contribution < 1.29 is 54.3 Å². The van der Waals surface area contributed by atoms with Crippen molar-refractivity contribution in [3.05, 3.63) is 80.4 Å². The van der Waals surface area contributed by atoms with Crippen LogP contribution < -0.4 is 56.5 Å². The molecule has 48 heteroatoms. The van der Waals surface area contributed by atoms with E-state index in [9.17, 15) is 0 Å². The molecule has 4 fully saturated rings. The van der Waals surface area contributed by atoms with E-state index in [2.05, 4.69) is 222 Å². The van der Waals surface area contributed by atoms with Gasteiger partial charge in [-0.15, -0.1) is 0 Å². The van der Waals surface area contributed by atoms with E-state index in [-0.39, 0.29) is 153 Å². The van der Waals surface area contributed by atoms with E-state index in [0.29, 0.717) is 0 Å². The van der Waals surface area contributed by atoms with Gasteiger partial charge in [0, 0.05) is 0 Å². The summed E-state index contributed by atoms with van der Waals surface area (Å²) in [5.41, 5.74) is -12.5. The van der Waals surface area contributed by atoms with E-state index in [1.807, 2.05) is 83.1 Å². The van der Waals surface area contributed by atoms with Crippen LogP contribution in [0.2, 0.25) is 80.4 Å². The number of benzene rings is 4. The van der Waals surface area contributed by atoms with Gasteiger partial charge in [0.05, 0.1) is 0 Å². The Morgan fingerprint density at radius 1 is 0.200 bits per heavy atom. The molecular weight excluding hydrogens is 2100 g/mol. The summed E-state index contributed by atoms with van der Waals surface area (Å²) in [6, 6.07) is 0. The van der Waals surface area contributed by atoms with Gasteiger partial charge in [-0.1, -0.05) is 0 Å². The molecule has 4 aromatic rings. The average molecular weight is 2220 g/mol. The zero-order chi connectivity index (χ0) is 95.2. The summed E-state index contributed by atoms with van der Waals surface area (Å²) < 4.78 is 112. The summed E-state index contributed by atoms with van der Waals surface area (Å²) in [6.45, 7) is 72.7. The molecule has 0 atom stereocenters. The van der Waals surface area contributed by atoms with Gasteiger partial charge in [-0.2, -0.15) is 0 Å². The monoisotopic (exact) mass is 2210 g/mol. The predicted octanol–water partition coefficient (Wildman–Crippen LogP) is 34.2. The molecule has 24 nitrogen and oxygen atoms in total. The van der Waals surface area contributed by atoms with Crippen LogP contribution in [-0.4, -0.2) is 128 Å². The molecule has 712 valence electrons. The van der Waals surface area contributed by atoms with Crippen LogP contribution >= 0.6 is 249 Å². The number of hydrogen-bond donors (Lipinski definition) is 4. The summed E-state index contributed by atoms with van der Waals surface area (Å²) in [5.74, 6) is 0.657. The van der Waals surface area contributed by atoms with Crippen molar-refractivity contribution in [3.63, 3.8) is 0 Å². The quantitative estimate of drug-likeness (QED) is 0.0471. The van der Waals surface area contributed by atoms with Gasteiger partial charge >= 0.3 is 834 Å². The van der Waals surface area contributed by atoms with Gasteiger partial charge < -0.3 is 0 Å². The summed E-state index contributed by atoms with van der Waals surface area (Å²) >= 11 is 115. The third kappa shape index (κ3) is 16.8. The molecule has 8 heterocycles. The SMILES string of the molecule is CC(C)(C)NP12(Oc3c(Cl)c(Cl)c(Cl)c(Cl)c3O1)N(C(C)(C)C)P(OCC(COP1N(C(C)(C)C)P3(NC(C)(C)C)(Oc4c(Cl)c(Cl)c(Cl)c(Cl)c4O3)N1C(C)(C)C)(COP1N(C(C)(C)C)P3(NC(C)(C)C)(Oc4c(Cl)c(Cl)c(Cl)c(Cl)c4O3)N1C(C)(C)C)COP1N(C(C)(C)C)P3(NC(C)(C)C)(Oc4c(Cl)c(Cl)c(Cl)c(Cl)c4O3)N1C(C)(C)C)N2C(C)(C)C. The van der Waals surface area contributed by atoms with Crippen molar-refractivity contribution in [2.45, 2.75) is 316 Å². The molecule has 8 aliphatic heterocycles. The molecule has 0 bridgehead atoms. The Bertz CT molecular complexity index is 4230. The van der Waals surface area contributed by atoms with Crippen molar-refractivity contribution >= 4 is 249 Å². The van der Waals surface area contributed by atoms with E-state index in [4.69, 9.17) is 240 Å². The van der Waals surface area contributed by atoms with Crippen LogP contribution in [0.25, 0.3) is 0 Å². The van der Waals surface area contributed by atoms with Gasteiger partial charge in [0.1, 0.15) is 0 Å². The Balaban J connectivity index is 1.16. The standard InChI is InChI=1S/C77H120Cl16N12O12P8/c1-65(2,3)94-122(110-57-49(86)41(78)42(79)50(87)58(57)111-122)98(69(13,14)15)118(99(122)70(16,17)18)106-37-77(38-107-119-100(71(19,20)21)123(95-66(4,5)6,101(119)72(22,23)24)112-59-51(88)43(80)44(81)52(89)60(59)113-123,39-108-120-102(73(25,26)27)124(96-67(7,8)9,103(120)74(28,29)30)114-61-53(90)45(82)46(83)54(91)62(61)115-124)40-109-121-104(75(31,32)33)125(97-68(10,11)12,105(121)76(34,35)36)116-63-55(92)47(84)48(85)56(93)64(63)117-125/h94-97H,37-40H2,1-36H3. The fourth-order valence-corrected chi connectivity index (χ4v) is 63.1. The van der Waals surface area contributed by atoms with E-state index >= 15 is 0 Å². The first-order valence-corrected chi connectivity index (χ1v) is 58.9. The van der Waals surface area contributed by atoms with Crippen LogP contribution in [0.4, 0.5) is 0 Å². The van der Waals surface area contributed by atoms with Crippen LogP contribution in [0.1, 0.15) is 249 Å². The Morgan fingerprint density at radius 3 is 0.392 bits per heavy atom. The van der Waals surface area contributed by atoms with Crippen LogP contribution in [0.5, 0.6) is 46.0 Å². The molecule has 4 aromatic carbocycles. The predicted molar refractivity (Wildman–Crippen MR) is 537 cm³/mol. The molecular formula is C77H120Cl16N12O12P8. The van der Waals surface area contributed by atoms with E-state index < -0.39 is 136 Å². The van der Waals surface area contributed by atoms with Crippen molar-refractivity contribution in [1.82, 2.24) is 55.9 Å². The third-order valence-electron chi connectivity index (χ3n) is 19.6. The molecule has 8 aliphatic rings. The van der Waals surface area contributed by atoms with Gasteiger partial charge in [0.15, 0.2) is 0 Å². The van der Waals surface area contributed by atoms with E-state index in [1.54, 1.807) is 0 Å². The number of rotatable bonds is 16. The van der Waals surface area contributed by atoms with Crippen molar-refractivity contribution in [2.24, 2.45) is 5.41 Å². The Kier molecular flexibility index (Phi) is 27.6. The number of nitrogens with zero attached hydrogens (tertiary/aromatic N) is 8. The van der Waals surface area contributed by atoms with Crippen molar-refractivity contribution in [1.29, 1.82) is 0 Å². The van der Waals surface area contributed by atoms with Gasteiger partial charge in [-0.3, -0.25) is 0 Å². The topological polar surface area (TPSA) is 185 Å². The van der Waals surface area contributed by atoms with Crippen LogP contribution in [0, 0.1) is 5.41 Å². The second kappa shape index (κ2) is 32.4. The molecule has 4 N–H and O–H groups in total. The number of nitrogens with one attached hydrogen (secondary N) is 4. The summed E-state index contributed by atoms with van der Waals surface area (Å²) in [4.78, 5) is 0. The number of halogens is 16. The molecule has 0 aliphatic carbocycles. The molecule has 0 aromatic heterocycles. The maximum absolute atomic E-state index is 8.29. The first kappa shape index (κ1) is 107. The fraction of sp³-hybridized carbons (Fsp3) is 0.688. The summed E-state index contributed by atoms with van der Waals surface area (Å²) in [7, 11) is -29.1. The molecule has 4 spiro atoms. The van der Waals surface area contributed by atoms with E-state index in [0.717, 1.165) is 0 Å². The van der Waals surface area contributed by atoms with Gasteiger partial charge in [-0.05, 0) is 0 Å². The maximum atomic E-state index is 8.29. The molecule has 4 saturated heterocycles. The Labute approximate surface area is 825 Å². The summed E-state index contributed by atoms with van der Waals surface area (Å²) in [5, 5.41) is 15.7. The zero-order valence-corrected chi connectivity index (χ0v) is 96.7. The average Bonchev–Trinajstić information content (AvgIpc) is 1.58. The molecule has 0 radical (unpaired) electrons. The first-order valence-electron chi connectivity index (χ1n) is 40.3. The van der Waals surface area contributed by atoms with Crippen LogP contribution in [0.3, 0.4) is 0 Å². The molecule has 0 saturated carbocycles. The minimum absolute atomic E-state index is 0.0103. The van der Waals surface area contributed by atoms with Gasteiger partial charge in [-0.25, -0.2) is 0 Å². The summed E-state index contributed by atoms with van der Waals surface area (Å²) in [6.07, 6.45) is 0. The first-order chi connectivity index (χ1) is 55.8. The molecule has 0 amide bonds. The molecule has 0 unspecified atom stereocenters. The second-order valence-corrected chi connectivity index (χ2v) is 72.0. The molecule has 12 rings (SSSR count). The number of fused-ring (bicyclic) bond motifs is 4. The molecule has 125 heavy (non-hydrogen) atoms. The zero-order valence-electron chi connectivity index (χ0n) is 77.4. The Hall–Kier alpha value is 2.72. The van der Waals surface area contributed by atoms with Crippen LogP contribution in [-0.2, 0) is 18.1 Å². The fourth-order valence-electron chi connectivity index (χ4n) is 17.2. The van der Waals surface area contributed by atoms with Crippen molar-refractivity contribution in [3.8, 4) is 46.0 Å².